The van der Waals surface area contributed by atoms with E-state index < -0.39 is 0 Å². The van der Waals surface area contributed by atoms with Gasteiger partial charge in [0.1, 0.15) is 0 Å². The summed E-state index contributed by atoms with van der Waals surface area (Å²) in [6.07, 6.45) is 4.15. The van der Waals surface area contributed by atoms with Crippen LogP contribution in [-0.4, -0.2) is 61.7 Å². The lowest BCUT2D eigenvalue weighted by atomic mass is 9.78. The molecule has 1 aliphatic rings. The van der Waals surface area contributed by atoms with Crippen LogP contribution in [0.4, 0.5) is 0 Å². The van der Waals surface area contributed by atoms with Crippen LogP contribution in [-0.2, 0) is 0 Å². The van der Waals surface area contributed by atoms with E-state index in [-0.39, 0.29) is 0 Å². The van der Waals surface area contributed by atoms with Gasteiger partial charge < -0.3 is 15.1 Å². The molecule has 126 valence electrons. The Kier molecular flexibility index (Phi) is 9.54. The minimum atomic E-state index is 0.764. The summed E-state index contributed by atoms with van der Waals surface area (Å²) in [6.45, 7) is 19.9. The van der Waals surface area contributed by atoms with Gasteiger partial charge in [0.15, 0.2) is 0 Å². The Morgan fingerprint density at radius 1 is 1.00 bits per heavy atom. The van der Waals surface area contributed by atoms with E-state index in [1.54, 1.807) is 0 Å². The molecular weight excluding hydrogens is 258 g/mol. The lowest BCUT2D eigenvalue weighted by Gasteiger charge is -2.44. The Hall–Kier alpha value is -0.120. The quantitative estimate of drug-likeness (QED) is 0.597. The Morgan fingerprint density at radius 2 is 1.71 bits per heavy atom. The molecule has 0 saturated heterocycles. The van der Waals surface area contributed by atoms with Gasteiger partial charge in [0.2, 0.25) is 0 Å². The van der Waals surface area contributed by atoms with Crippen LogP contribution < -0.4 is 5.32 Å². The second kappa shape index (κ2) is 10.6. The zero-order valence-corrected chi connectivity index (χ0v) is 15.2. The monoisotopic (exact) mass is 297 g/mol. The SMILES string of the molecule is CCN(CC)CCCN(CC)C1CCC1CNCC(C)C. The first-order chi connectivity index (χ1) is 10.1. The number of hydrogen-bond donors (Lipinski definition) is 1. The average Bonchev–Trinajstić information content (AvgIpc) is 2.45. The van der Waals surface area contributed by atoms with E-state index >= 15 is 0 Å². The summed E-state index contributed by atoms with van der Waals surface area (Å²) in [5.41, 5.74) is 0. The fourth-order valence-corrected chi connectivity index (χ4v) is 3.42. The summed E-state index contributed by atoms with van der Waals surface area (Å²) in [5, 5.41) is 3.65. The van der Waals surface area contributed by atoms with Crippen molar-refractivity contribution in [3.05, 3.63) is 0 Å². The van der Waals surface area contributed by atoms with Crippen LogP contribution >= 0.6 is 0 Å². The van der Waals surface area contributed by atoms with Crippen LogP contribution in [0.1, 0.15) is 53.9 Å². The number of rotatable bonds is 12. The molecule has 0 radical (unpaired) electrons. The van der Waals surface area contributed by atoms with Gasteiger partial charge in [0, 0.05) is 6.04 Å². The van der Waals surface area contributed by atoms with Gasteiger partial charge in [-0.25, -0.2) is 0 Å². The van der Waals surface area contributed by atoms with E-state index in [4.69, 9.17) is 0 Å². The lowest BCUT2D eigenvalue weighted by molar-refractivity contribution is 0.0622. The maximum Gasteiger partial charge on any atom is 0.0136 e. The van der Waals surface area contributed by atoms with Crippen LogP contribution in [0.3, 0.4) is 0 Å². The summed E-state index contributed by atoms with van der Waals surface area (Å²) in [4.78, 5) is 5.27. The van der Waals surface area contributed by atoms with Crippen molar-refractivity contribution in [3.8, 4) is 0 Å². The molecule has 0 heterocycles. The Labute approximate surface area is 133 Å². The van der Waals surface area contributed by atoms with Crippen molar-refractivity contribution in [2.24, 2.45) is 11.8 Å². The number of nitrogens with zero attached hydrogens (tertiary/aromatic N) is 2. The van der Waals surface area contributed by atoms with Crippen molar-refractivity contribution < 1.29 is 0 Å². The van der Waals surface area contributed by atoms with Crippen molar-refractivity contribution in [3.63, 3.8) is 0 Å². The second-order valence-electron chi connectivity index (χ2n) is 6.97. The van der Waals surface area contributed by atoms with Crippen molar-refractivity contribution in [1.82, 2.24) is 15.1 Å². The standard InChI is InChI=1S/C18H39N3/c1-6-20(7-2)12-9-13-21(8-3)18-11-10-17(18)15-19-14-16(4)5/h16-19H,6-15H2,1-5H3. The average molecular weight is 298 g/mol. The van der Waals surface area contributed by atoms with Gasteiger partial charge in [-0.15, -0.1) is 0 Å². The molecule has 0 amide bonds. The first-order valence-corrected chi connectivity index (χ1v) is 9.29. The van der Waals surface area contributed by atoms with Crippen molar-refractivity contribution in [1.29, 1.82) is 0 Å². The normalized spacial score (nSPS) is 22.3. The van der Waals surface area contributed by atoms with Crippen molar-refractivity contribution in [2.45, 2.75) is 59.9 Å². The van der Waals surface area contributed by atoms with Crippen molar-refractivity contribution >= 4 is 0 Å². The molecule has 21 heavy (non-hydrogen) atoms. The summed E-state index contributed by atoms with van der Waals surface area (Å²) in [7, 11) is 0. The van der Waals surface area contributed by atoms with Gasteiger partial charge in [-0.2, -0.15) is 0 Å². The van der Waals surface area contributed by atoms with E-state index in [9.17, 15) is 0 Å². The molecule has 0 spiro atoms. The molecule has 1 rings (SSSR count). The first kappa shape index (κ1) is 18.9. The van der Waals surface area contributed by atoms with Crippen molar-refractivity contribution in [2.75, 3.05) is 45.8 Å². The summed E-state index contributed by atoms with van der Waals surface area (Å²) >= 11 is 0. The molecule has 2 unspecified atom stereocenters. The molecule has 1 aliphatic carbocycles. The van der Waals surface area contributed by atoms with Gasteiger partial charge in [-0.1, -0.05) is 34.6 Å². The number of nitrogens with one attached hydrogen (secondary N) is 1. The van der Waals surface area contributed by atoms with Crippen LogP contribution in [0.15, 0.2) is 0 Å². The van der Waals surface area contributed by atoms with E-state index in [1.165, 1.54) is 58.5 Å². The predicted molar refractivity (Wildman–Crippen MR) is 93.9 cm³/mol. The first-order valence-electron chi connectivity index (χ1n) is 9.29. The highest BCUT2D eigenvalue weighted by atomic mass is 15.2. The van der Waals surface area contributed by atoms with Gasteiger partial charge in [-0.05, 0) is 76.9 Å². The van der Waals surface area contributed by atoms with E-state index in [2.05, 4.69) is 49.7 Å². The molecule has 1 saturated carbocycles. The maximum absolute atomic E-state index is 3.65. The fourth-order valence-electron chi connectivity index (χ4n) is 3.42. The Balaban J connectivity index is 2.25. The molecule has 3 heteroatoms. The minimum absolute atomic E-state index is 0.764. The lowest BCUT2D eigenvalue weighted by Crippen LogP contribution is -2.51. The molecule has 0 bridgehead atoms. The van der Waals surface area contributed by atoms with Crippen LogP contribution in [0.2, 0.25) is 0 Å². The third kappa shape index (κ3) is 6.66. The van der Waals surface area contributed by atoms with E-state index in [1.807, 2.05) is 0 Å². The second-order valence-corrected chi connectivity index (χ2v) is 6.97. The highest BCUT2D eigenvalue weighted by Gasteiger charge is 2.34. The van der Waals surface area contributed by atoms with E-state index in [0.717, 1.165) is 24.4 Å². The zero-order valence-electron chi connectivity index (χ0n) is 15.2. The Morgan fingerprint density at radius 3 is 2.19 bits per heavy atom. The minimum Gasteiger partial charge on any atom is -0.316 e. The largest absolute Gasteiger partial charge is 0.316 e. The molecular formula is C18H39N3. The molecule has 0 aliphatic heterocycles. The molecule has 0 aromatic carbocycles. The van der Waals surface area contributed by atoms with Gasteiger partial charge in [-0.3, -0.25) is 0 Å². The molecule has 3 nitrogen and oxygen atoms in total. The fraction of sp³-hybridized carbons (Fsp3) is 1.00. The smallest absolute Gasteiger partial charge is 0.0136 e. The topological polar surface area (TPSA) is 18.5 Å². The highest BCUT2D eigenvalue weighted by Crippen LogP contribution is 2.31. The molecule has 2 atom stereocenters. The molecule has 0 aromatic heterocycles. The molecule has 0 aromatic rings. The predicted octanol–water partition coefficient (Wildman–Crippen LogP) is 3.06. The number of hydrogen-bond acceptors (Lipinski definition) is 3. The summed E-state index contributed by atoms with van der Waals surface area (Å²) in [6, 6.07) is 0.839. The van der Waals surface area contributed by atoms with Crippen LogP contribution in [0.5, 0.6) is 0 Å². The zero-order chi connectivity index (χ0) is 15.7. The maximum atomic E-state index is 3.65. The van der Waals surface area contributed by atoms with E-state index in [0.29, 0.717) is 0 Å². The Bertz CT molecular complexity index is 251. The summed E-state index contributed by atoms with van der Waals surface area (Å²) < 4.78 is 0. The van der Waals surface area contributed by atoms with Gasteiger partial charge in [0.05, 0.1) is 0 Å². The summed E-state index contributed by atoms with van der Waals surface area (Å²) in [5.74, 6) is 1.65. The molecule has 1 N–H and O–H groups in total. The third-order valence-corrected chi connectivity index (χ3v) is 5.03. The van der Waals surface area contributed by atoms with Gasteiger partial charge in [0.25, 0.3) is 0 Å². The van der Waals surface area contributed by atoms with Crippen LogP contribution in [0.25, 0.3) is 0 Å². The highest BCUT2D eigenvalue weighted by molar-refractivity contribution is 4.89. The van der Waals surface area contributed by atoms with Crippen LogP contribution in [0, 0.1) is 11.8 Å². The van der Waals surface area contributed by atoms with Gasteiger partial charge >= 0.3 is 0 Å². The molecule has 1 fully saturated rings. The third-order valence-electron chi connectivity index (χ3n) is 5.03.